The summed E-state index contributed by atoms with van der Waals surface area (Å²) < 4.78 is 27.1. The molecule has 0 aromatic heterocycles. The van der Waals surface area contributed by atoms with Crippen LogP contribution in [0.4, 0.5) is 0 Å². The van der Waals surface area contributed by atoms with Crippen molar-refractivity contribution >= 4 is 10.1 Å². The fraction of sp³-hybridized carbons (Fsp3) is 1.00. The molecule has 0 aromatic carbocycles. The van der Waals surface area contributed by atoms with Gasteiger partial charge in [-0.25, -0.2) is 0 Å². The summed E-state index contributed by atoms with van der Waals surface area (Å²) >= 11 is 0. The molecule has 0 aliphatic heterocycles. The molecule has 5 nitrogen and oxygen atoms in total. The molecule has 0 heterocycles. The first-order chi connectivity index (χ1) is 12.4. The highest BCUT2D eigenvalue weighted by Crippen LogP contribution is 2.13. The van der Waals surface area contributed by atoms with Crippen LogP contribution < -0.4 is 0 Å². The molecule has 0 aliphatic carbocycles. The van der Waals surface area contributed by atoms with Crippen LogP contribution in [0, 0.1) is 0 Å². The molecule has 0 rings (SSSR count). The number of hydrogen-bond acceptors (Lipinski definition) is 4. The zero-order chi connectivity index (χ0) is 20.1. The topological polar surface area (TPSA) is 94.8 Å². The first-order valence-electron chi connectivity index (χ1n) is 10.6. The van der Waals surface area contributed by atoms with Crippen molar-refractivity contribution in [2.75, 3.05) is 6.61 Å². The number of hydrogen-bond donors (Lipinski definition) is 3. The summed E-state index contributed by atoms with van der Waals surface area (Å²) in [6.45, 7) is 3.63. The van der Waals surface area contributed by atoms with Gasteiger partial charge in [-0.2, -0.15) is 8.42 Å². The summed E-state index contributed by atoms with van der Waals surface area (Å²) in [6.07, 6.45) is 22.2. The maximum absolute atomic E-state index is 9.64. The van der Waals surface area contributed by atoms with Crippen molar-refractivity contribution in [3.63, 3.8) is 0 Å². The van der Waals surface area contributed by atoms with E-state index in [9.17, 15) is 8.42 Å². The molecule has 0 aromatic rings. The zero-order valence-corrected chi connectivity index (χ0v) is 18.0. The second kappa shape index (κ2) is 21.1. The first kappa shape index (κ1) is 28.0. The van der Waals surface area contributed by atoms with Gasteiger partial charge in [-0.15, -0.1) is 0 Å². The van der Waals surface area contributed by atoms with E-state index in [-0.39, 0.29) is 0 Å². The average Bonchev–Trinajstić information content (AvgIpc) is 2.58. The van der Waals surface area contributed by atoms with E-state index < -0.39 is 15.6 Å². The molecule has 0 saturated heterocycles. The van der Waals surface area contributed by atoms with Gasteiger partial charge in [0.1, 0.15) is 0 Å². The smallest absolute Gasteiger partial charge is 0.291 e. The lowest BCUT2D eigenvalue weighted by Gasteiger charge is -2.03. The van der Waals surface area contributed by atoms with Crippen molar-refractivity contribution in [1.29, 1.82) is 0 Å². The molecule has 0 amide bonds. The van der Waals surface area contributed by atoms with E-state index >= 15 is 0 Å². The van der Waals surface area contributed by atoms with Crippen molar-refractivity contribution in [3.05, 3.63) is 0 Å². The van der Waals surface area contributed by atoms with Gasteiger partial charge >= 0.3 is 0 Å². The van der Waals surface area contributed by atoms with Gasteiger partial charge in [0.15, 0.2) is 5.44 Å². The maximum Gasteiger partial charge on any atom is 0.291 e. The van der Waals surface area contributed by atoms with Gasteiger partial charge in [0.25, 0.3) is 10.1 Å². The van der Waals surface area contributed by atoms with Gasteiger partial charge in [-0.1, -0.05) is 103 Å². The Kier molecular flexibility index (Phi) is 22.8. The SMILES string of the molecule is CC(O)S(=O)(=O)O.CCCCCCCCCCCCCCCCCCO. The van der Waals surface area contributed by atoms with Crippen LogP contribution >= 0.6 is 0 Å². The molecular weight excluding hydrogens is 352 g/mol. The van der Waals surface area contributed by atoms with E-state index in [1.807, 2.05) is 0 Å². The fourth-order valence-electron chi connectivity index (χ4n) is 2.66. The lowest BCUT2D eigenvalue weighted by molar-refractivity contribution is 0.252. The molecule has 0 saturated carbocycles. The second-order valence-corrected chi connectivity index (χ2v) is 8.85. The Balaban J connectivity index is 0. The standard InChI is InChI=1S/C18H38O.C2H6O4S/c1-2-3-4-5-6-7-8-9-10-11-12-13-14-15-16-17-18-19;1-2(3)7(4,5)6/h19H,2-18H2,1H3;2-3H,1H3,(H,4,5,6). The van der Waals surface area contributed by atoms with Crippen molar-refractivity contribution in [3.8, 4) is 0 Å². The summed E-state index contributed by atoms with van der Waals surface area (Å²) in [6, 6.07) is 0. The quantitative estimate of drug-likeness (QED) is 0.224. The molecule has 0 spiro atoms. The minimum atomic E-state index is -4.19. The lowest BCUT2D eigenvalue weighted by atomic mass is 10.0. The zero-order valence-electron chi connectivity index (χ0n) is 17.2. The number of unbranched alkanes of at least 4 members (excludes halogenated alkanes) is 15. The Morgan fingerprint density at radius 1 is 0.654 bits per heavy atom. The third-order valence-electron chi connectivity index (χ3n) is 4.44. The number of aliphatic hydroxyl groups excluding tert-OH is 2. The molecule has 0 fully saturated rings. The minimum absolute atomic E-state index is 0.373. The van der Waals surface area contributed by atoms with Crippen LogP contribution in [-0.4, -0.2) is 35.2 Å². The Hall–Kier alpha value is -0.170. The number of rotatable bonds is 17. The average molecular weight is 397 g/mol. The Morgan fingerprint density at radius 2 is 0.885 bits per heavy atom. The predicted molar refractivity (Wildman–Crippen MR) is 110 cm³/mol. The molecule has 1 unspecified atom stereocenters. The van der Waals surface area contributed by atoms with Crippen molar-refractivity contribution in [1.82, 2.24) is 0 Å². The highest BCUT2D eigenvalue weighted by Gasteiger charge is 2.10. The summed E-state index contributed by atoms with van der Waals surface area (Å²) in [5.74, 6) is 0. The normalized spacial score (nSPS) is 12.5. The largest absolute Gasteiger partial charge is 0.396 e. The summed E-state index contributed by atoms with van der Waals surface area (Å²) in [5, 5.41) is 16.7. The van der Waals surface area contributed by atoms with Crippen LogP contribution in [0.25, 0.3) is 0 Å². The minimum Gasteiger partial charge on any atom is -0.396 e. The fourth-order valence-corrected chi connectivity index (χ4v) is 2.66. The molecule has 0 bridgehead atoms. The van der Waals surface area contributed by atoms with E-state index in [2.05, 4.69) is 6.92 Å². The second-order valence-electron chi connectivity index (χ2n) is 7.14. The van der Waals surface area contributed by atoms with Crippen molar-refractivity contribution in [2.24, 2.45) is 0 Å². The Morgan fingerprint density at radius 3 is 1.08 bits per heavy atom. The molecule has 0 aliphatic rings. The number of aliphatic hydroxyl groups is 2. The van der Waals surface area contributed by atoms with Crippen LogP contribution in [0.15, 0.2) is 0 Å². The van der Waals surface area contributed by atoms with Crippen LogP contribution in [-0.2, 0) is 10.1 Å². The van der Waals surface area contributed by atoms with Crippen LogP contribution in [0.2, 0.25) is 0 Å². The molecule has 6 heteroatoms. The summed E-state index contributed by atoms with van der Waals surface area (Å²) in [4.78, 5) is 0. The van der Waals surface area contributed by atoms with Crippen LogP contribution in [0.1, 0.15) is 117 Å². The van der Waals surface area contributed by atoms with E-state index in [1.165, 1.54) is 96.3 Å². The van der Waals surface area contributed by atoms with Crippen LogP contribution in [0.5, 0.6) is 0 Å². The first-order valence-corrected chi connectivity index (χ1v) is 12.1. The van der Waals surface area contributed by atoms with E-state index in [4.69, 9.17) is 14.8 Å². The van der Waals surface area contributed by atoms with Gasteiger partial charge in [0.05, 0.1) is 0 Å². The molecule has 3 N–H and O–H groups in total. The molecule has 0 radical (unpaired) electrons. The highest BCUT2D eigenvalue weighted by atomic mass is 32.2. The maximum atomic E-state index is 9.64. The Labute approximate surface area is 162 Å². The van der Waals surface area contributed by atoms with Gasteiger partial charge in [0, 0.05) is 6.61 Å². The molecule has 1 atom stereocenters. The van der Waals surface area contributed by atoms with Crippen LogP contribution in [0.3, 0.4) is 0 Å². The predicted octanol–water partition coefficient (Wildman–Crippen LogP) is 5.45. The van der Waals surface area contributed by atoms with Crippen molar-refractivity contribution < 1.29 is 23.2 Å². The third-order valence-corrected chi connectivity index (χ3v) is 5.30. The molecular formula is C20H44O5S. The summed E-state index contributed by atoms with van der Waals surface area (Å²) in [5.41, 5.74) is -1.67. The molecule has 160 valence electrons. The monoisotopic (exact) mass is 396 g/mol. The van der Waals surface area contributed by atoms with E-state index in [0.717, 1.165) is 13.3 Å². The lowest BCUT2D eigenvalue weighted by Crippen LogP contribution is -2.14. The van der Waals surface area contributed by atoms with Gasteiger partial charge < -0.3 is 10.2 Å². The summed E-state index contributed by atoms with van der Waals surface area (Å²) in [7, 11) is -4.19. The van der Waals surface area contributed by atoms with Gasteiger partial charge in [-0.05, 0) is 13.3 Å². The van der Waals surface area contributed by atoms with Gasteiger partial charge in [-0.3, -0.25) is 4.55 Å². The van der Waals surface area contributed by atoms with E-state index in [1.54, 1.807) is 0 Å². The van der Waals surface area contributed by atoms with Gasteiger partial charge in [0.2, 0.25) is 0 Å². The highest BCUT2D eigenvalue weighted by molar-refractivity contribution is 7.86. The van der Waals surface area contributed by atoms with Crippen molar-refractivity contribution in [2.45, 2.75) is 122 Å². The van der Waals surface area contributed by atoms with E-state index in [0.29, 0.717) is 6.61 Å². The molecule has 26 heavy (non-hydrogen) atoms. The third kappa shape index (κ3) is 26.1. The Bertz CT molecular complexity index is 339.